The van der Waals surface area contributed by atoms with Crippen LogP contribution in [0.25, 0.3) is 22.4 Å². The first-order valence-electron chi connectivity index (χ1n) is 20.4. The number of fused-ring (bicyclic) bond motifs is 1. The lowest BCUT2D eigenvalue weighted by atomic mass is 10.1. The molecule has 3 aromatic heterocycles. The number of ether oxygens (including phenoxy) is 1. The summed E-state index contributed by atoms with van der Waals surface area (Å²) in [4.78, 5) is 88.4. The zero-order valence-electron chi connectivity index (χ0n) is 38.8. The Morgan fingerprint density at radius 1 is 0.671 bits per heavy atom. The summed E-state index contributed by atoms with van der Waals surface area (Å²) in [5.41, 5.74) is 11.8. The predicted octanol–water partition coefficient (Wildman–Crippen LogP) is 6.54. The van der Waals surface area contributed by atoms with Gasteiger partial charge in [-0.15, -0.1) is 0 Å². The summed E-state index contributed by atoms with van der Waals surface area (Å²) >= 11 is 1.75. The molecule has 70 heavy (non-hydrogen) atoms. The number of benzene rings is 4. The van der Waals surface area contributed by atoms with Crippen molar-refractivity contribution >= 4 is 92.0 Å². The lowest BCUT2D eigenvalue weighted by Crippen LogP contribution is -2.19. The van der Waals surface area contributed by atoms with E-state index in [9.17, 15) is 44.2 Å². The number of carbonyl (C=O) groups excluding carboxylic acids is 5. The number of methoxy groups -OCH3 is 1. The molecule has 23 heteroatoms. The van der Waals surface area contributed by atoms with E-state index in [-0.39, 0.29) is 45.9 Å². The monoisotopic (exact) mass is 1070 g/mol. The van der Waals surface area contributed by atoms with Crippen molar-refractivity contribution in [3.05, 3.63) is 173 Å². The molecule has 0 spiro atoms. The average molecular weight is 1070 g/mol. The highest BCUT2D eigenvalue weighted by Gasteiger charge is 2.21. The van der Waals surface area contributed by atoms with E-state index in [4.69, 9.17) is 5.73 Å². The molecular formula is C47H49IN12O10. The van der Waals surface area contributed by atoms with E-state index in [1.54, 1.807) is 98.7 Å². The third-order valence-corrected chi connectivity index (χ3v) is 10.6. The van der Waals surface area contributed by atoms with E-state index in [1.807, 2.05) is 35.9 Å². The van der Waals surface area contributed by atoms with Crippen LogP contribution < -0.4 is 32.3 Å². The fraction of sp³-hybridized carbons (Fsp3) is 0.149. The summed E-state index contributed by atoms with van der Waals surface area (Å²) in [6.45, 7) is 0. The molecule has 0 unspecified atom stereocenters. The topological polar surface area (TPSA) is 311 Å². The first-order chi connectivity index (χ1) is 33.5. The lowest BCUT2D eigenvalue weighted by molar-refractivity contribution is -0.385. The van der Waals surface area contributed by atoms with Crippen LogP contribution in [0.15, 0.2) is 122 Å². The number of nitro groups is 2. The SMILES string of the molecule is CNC(=O)c1cccc(N)c1NC.CNC(=O)c1cccc([N+](=O)[O-])c1NC.CNC(=O)c1cccc2nc(-c3cccnc3)n(C)c12.COC(=O)c1cccc([N+](=O)[O-])c1I.O=Cc1cccnc1. The maximum Gasteiger partial charge on any atom is 0.339 e. The second kappa shape index (κ2) is 27.7. The molecule has 3 heterocycles. The number of esters is 1. The van der Waals surface area contributed by atoms with Crippen molar-refractivity contribution in [2.24, 2.45) is 7.05 Å². The van der Waals surface area contributed by atoms with Gasteiger partial charge < -0.3 is 41.6 Å². The van der Waals surface area contributed by atoms with Crippen LogP contribution in [0.1, 0.15) is 51.8 Å². The number of nitro benzene ring substituents is 2. The predicted molar refractivity (Wildman–Crippen MR) is 274 cm³/mol. The Hall–Kier alpha value is -8.87. The smallest absolute Gasteiger partial charge is 0.339 e. The molecule has 0 aliphatic rings. The minimum absolute atomic E-state index is 0.0894. The highest BCUT2D eigenvalue weighted by molar-refractivity contribution is 14.1. The van der Waals surface area contributed by atoms with Gasteiger partial charge in [0.15, 0.2) is 6.29 Å². The normalized spacial score (nSPS) is 9.71. The maximum absolute atomic E-state index is 12.0. The summed E-state index contributed by atoms with van der Waals surface area (Å²) in [7, 11) is 11.1. The molecule has 364 valence electrons. The number of imidazole rings is 1. The van der Waals surface area contributed by atoms with Crippen LogP contribution in [0.3, 0.4) is 0 Å². The van der Waals surface area contributed by atoms with Crippen LogP contribution in [0.2, 0.25) is 0 Å². The number of amides is 3. The number of halogens is 1. The van der Waals surface area contributed by atoms with Gasteiger partial charge >= 0.3 is 5.97 Å². The molecule has 0 bridgehead atoms. The Balaban J connectivity index is 0.000000238. The minimum Gasteiger partial charge on any atom is -0.465 e. The number of nitrogens with zero attached hydrogens (tertiary/aromatic N) is 6. The molecule has 0 saturated heterocycles. The quantitative estimate of drug-likeness (QED) is 0.0211. The third kappa shape index (κ3) is 14.6. The van der Waals surface area contributed by atoms with Crippen LogP contribution in [0.5, 0.6) is 0 Å². The third-order valence-electron chi connectivity index (χ3n) is 9.47. The largest absolute Gasteiger partial charge is 0.465 e. The number of nitrogen functional groups attached to an aromatic ring is 1. The van der Waals surface area contributed by atoms with Gasteiger partial charge in [-0.25, -0.2) is 9.78 Å². The van der Waals surface area contributed by atoms with Crippen LogP contribution >= 0.6 is 22.6 Å². The van der Waals surface area contributed by atoms with Crippen molar-refractivity contribution in [1.82, 2.24) is 35.5 Å². The van der Waals surface area contributed by atoms with Crippen LogP contribution in [0, 0.1) is 23.8 Å². The molecule has 0 atom stereocenters. The van der Waals surface area contributed by atoms with E-state index < -0.39 is 15.8 Å². The molecule has 0 saturated carbocycles. The summed E-state index contributed by atoms with van der Waals surface area (Å²) in [6, 6.07) is 26.6. The minimum atomic E-state index is -0.571. The Kier molecular flexibility index (Phi) is 21.9. The van der Waals surface area contributed by atoms with Crippen LogP contribution in [0.4, 0.5) is 28.4 Å². The van der Waals surface area contributed by atoms with Gasteiger partial charge in [0, 0.05) is 90.3 Å². The van der Waals surface area contributed by atoms with E-state index in [0.29, 0.717) is 31.6 Å². The maximum atomic E-state index is 12.0. The van der Waals surface area contributed by atoms with E-state index in [1.165, 1.54) is 63.8 Å². The first-order valence-corrected chi connectivity index (χ1v) is 21.5. The molecule has 0 aliphatic heterocycles. The van der Waals surface area contributed by atoms with E-state index in [0.717, 1.165) is 28.7 Å². The second-order valence-corrected chi connectivity index (χ2v) is 14.7. The number of nitrogens with two attached hydrogens (primary N) is 1. The van der Waals surface area contributed by atoms with E-state index in [2.05, 4.69) is 46.3 Å². The van der Waals surface area contributed by atoms with Crippen molar-refractivity contribution in [2.75, 3.05) is 58.7 Å². The molecule has 7 aromatic rings. The van der Waals surface area contributed by atoms with Crippen LogP contribution in [-0.2, 0) is 11.8 Å². The number of aromatic nitrogens is 4. The van der Waals surface area contributed by atoms with Crippen molar-refractivity contribution in [2.45, 2.75) is 0 Å². The first kappa shape index (κ1) is 55.5. The molecule has 3 amide bonds. The number of carbonyl (C=O) groups is 5. The van der Waals surface area contributed by atoms with Crippen molar-refractivity contribution in [3.63, 3.8) is 0 Å². The fourth-order valence-corrected chi connectivity index (χ4v) is 6.94. The standard InChI is InChI=1S/C15H14N4O.C9H11N3O3.C9H13N3O.C8H6INO4.C6H5NO/c1-16-15(20)11-6-3-7-12-13(11)19(2)14(18-12)10-5-4-8-17-9-10;1-10-8-6(9(13)11-2)4-3-5-7(8)12(14)15;1-11-8-6(9(13)12-2)4-3-5-7(8)10;1-14-8(11)5-3-2-4-6(7(5)9)10(12)13;8-5-6-2-1-3-7-4-6/h3-9H,1-2H3,(H,16,20);3-5,10H,1-2H3,(H,11,13);3-5,11H,10H2,1-2H3,(H,12,13);2-4H,1H3;1-5H. The molecular weight excluding hydrogens is 1020 g/mol. The molecule has 7 N–H and O–H groups in total. The Bertz CT molecular complexity index is 2960. The summed E-state index contributed by atoms with van der Waals surface area (Å²) in [5, 5.41) is 34.4. The summed E-state index contributed by atoms with van der Waals surface area (Å²) < 4.78 is 6.71. The number of aryl methyl sites for hydroxylation is 1. The highest BCUT2D eigenvalue weighted by atomic mass is 127. The van der Waals surface area contributed by atoms with Crippen molar-refractivity contribution in [3.8, 4) is 11.4 Å². The zero-order valence-corrected chi connectivity index (χ0v) is 41.0. The number of hydrogen-bond donors (Lipinski definition) is 6. The summed E-state index contributed by atoms with van der Waals surface area (Å²) in [5.74, 6) is -0.390. The van der Waals surface area contributed by atoms with E-state index >= 15 is 0 Å². The number of hydrogen-bond acceptors (Lipinski definition) is 16. The lowest BCUT2D eigenvalue weighted by Gasteiger charge is -2.09. The molecule has 0 aliphatic carbocycles. The van der Waals surface area contributed by atoms with Gasteiger partial charge in [0.1, 0.15) is 15.1 Å². The molecule has 7 rings (SSSR count). The van der Waals surface area contributed by atoms with Crippen molar-refractivity contribution in [1.29, 1.82) is 0 Å². The van der Waals surface area contributed by atoms with Gasteiger partial charge in [-0.3, -0.25) is 49.4 Å². The number of para-hydroxylation sites is 3. The van der Waals surface area contributed by atoms with Crippen LogP contribution in [-0.4, -0.2) is 102 Å². The van der Waals surface area contributed by atoms with Gasteiger partial charge in [0.25, 0.3) is 29.1 Å². The highest BCUT2D eigenvalue weighted by Crippen LogP contribution is 2.29. The Morgan fingerprint density at radius 3 is 1.66 bits per heavy atom. The van der Waals surface area contributed by atoms with Crippen molar-refractivity contribution < 1.29 is 38.6 Å². The zero-order chi connectivity index (χ0) is 51.9. The fourth-order valence-electron chi connectivity index (χ4n) is 6.17. The summed E-state index contributed by atoms with van der Waals surface area (Å²) in [6.07, 6.45) is 7.41. The van der Waals surface area contributed by atoms with Gasteiger partial charge in [0.2, 0.25) is 0 Å². The Labute approximate surface area is 414 Å². The van der Waals surface area contributed by atoms with Gasteiger partial charge in [-0.2, -0.15) is 0 Å². The van der Waals surface area contributed by atoms with Gasteiger partial charge in [0.05, 0.1) is 61.6 Å². The van der Waals surface area contributed by atoms with Gasteiger partial charge in [-0.05, 0) is 83.3 Å². The molecule has 0 radical (unpaired) electrons. The number of pyridine rings is 2. The Morgan fingerprint density at radius 2 is 1.17 bits per heavy atom. The number of nitrogens with one attached hydrogen (secondary N) is 5. The average Bonchev–Trinajstić information content (AvgIpc) is 3.74. The molecule has 0 fully saturated rings. The molecule has 4 aromatic carbocycles. The second-order valence-electron chi connectivity index (χ2n) is 13.7. The van der Waals surface area contributed by atoms with Gasteiger partial charge in [-0.1, -0.05) is 24.3 Å². The molecule has 22 nitrogen and oxygen atoms in total. The number of aldehydes is 1. The number of anilines is 3. The number of rotatable bonds is 10.